The smallest absolute Gasteiger partial charge is 0.319 e. The van der Waals surface area contributed by atoms with Gasteiger partial charge in [-0.05, 0) is 38.3 Å². The van der Waals surface area contributed by atoms with Crippen LogP contribution in [0.1, 0.15) is 27.2 Å². The predicted molar refractivity (Wildman–Crippen MR) is 80.1 cm³/mol. The van der Waals surface area contributed by atoms with E-state index in [0.29, 0.717) is 24.4 Å². The van der Waals surface area contributed by atoms with E-state index in [-0.39, 0.29) is 24.7 Å². The van der Waals surface area contributed by atoms with Gasteiger partial charge in [0.2, 0.25) is 0 Å². The molecule has 0 aliphatic carbocycles. The molecule has 5 heteroatoms. The molecule has 0 spiro atoms. The molecule has 2 amide bonds. The summed E-state index contributed by atoms with van der Waals surface area (Å²) in [6, 6.07) is 7.06. The van der Waals surface area contributed by atoms with Gasteiger partial charge in [0, 0.05) is 13.2 Å². The molecule has 3 N–H and O–H groups in total. The highest BCUT2D eigenvalue weighted by molar-refractivity contribution is 5.90. The van der Waals surface area contributed by atoms with Gasteiger partial charge < -0.3 is 20.5 Å². The summed E-state index contributed by atoms with van der Waals surface area (Å²) in [5, 5.41) is 14.4. The number of aliphatic hydroxyl groups is 1. The van der Waals surface area contributed by atoms with Crippen LogP contribution in [0, 0.1) is 5.92 Å². The molecule has 1 unspecified atom stereocenters. The number of carbonyl (C=O) groups is 1. The third-order valence-electron chi connectivity index (χ3n) is 2.73. The lowest BCUT2D eigenvalue weighted by atomic mass is 10.1. The molecule has 0 saturated carbocycles. The molecule has 1 aromatic carbocycles. The van der Waals surface area contributed by atoms with E-state index in [4.69, 9.17) is 9.84 Å². The summed E-state index contributed by atoms with van der Waals surface area (Å²) in [6.07, 6.45) is 0.721. The van der Waals surface area contributed by atoms with Crippen molar-refractivity contribution in [2.75, 3.05) is 18.5 Å². The van der Waals surface area contributed by atoms with Gasteiger partial charge in [-0.1, -0.05) is 19.1 Å². The Hall–Kier alpha value is -1.75. The minimum atomic E-state index is -0.269. The highest BCUT2D eigenvalue weighted by Gasteiger charge is 2.09. The van der Waals surface area contributed by atoms with Gasteiger partial charge in [0.25, 0.3) is 0 Å². The van der Waals surface area contributed by atoms with Gasteiger partial charge in [0.05, 0.1) is 11.8 Å². The Morgan fingerprint density at radius 1 is 1.30 bits per heavy atom. The molecular weight excluding hydrogens is 256 g/mol. The Morgan fingerprint density at radius 3 is 2.65 bits per heavy atom. The van der Waals surface area contributed by atoms with Gasteiger partial charge in [-0.25, -0.2) is 4.79 Å². The lowest BCUT2D eigenvalue weighted by Gasteiger charge is -2.16. The summed E-state index contributed by atoms with van der Waals surface area (Å²) in [7, 11) is 0. The Morgan fingerprint density at radius 2 is 2.00 bits per heavy atom. The molecule has 20 heavy (non-hydrogen) atoms. The second-order valence-corrected chi connectivity index (χ2v) is 5.12. The van der Waals surface area contributed by atoms with E-state index in [1.54, 1.807) is 6.07 Å². The van der Waals surface area contributed by atoms with Crippen molar-refractivity contribution < 1.29 is 14.6 Å². The van der Waals surface area contributed by atoms with E-state index in [1.807, 2.05) is 39.0 Å². The number of anilines is 1. The van der Waals surface area contributed by atoms with Crippen molar-refractivity contribution in [2.45, 2.75) is 33.3 Å². The van der Waals surface area contributed by atoms with Crippen LogP contribution >= 0.6 is 0 Å². The molecule has 0 aliphatic rings. The first-order chi connectivity index (χ1) is 9.52. The summed E-state index contributed by atoms with van der Waals surface area (Å²) >= 11 is 0. The largest absolute Gasteiger partial charge is 0.489 e. The van der Waals surface area contributed by atoms with Crippen LogP contribution in [0.25, 0.3) is 0 Å². The molecule has 0 heterocycles. The van der Waals surface area contributed by atoms with Crippen LogP contribution in [0.4, 0.5) is 10.5 Å². The molecule has 0 bridgehead atoms. The summed E-state index contributed by atoms with van der Waals surface area (Å²) < 4.78 is 5.63. The maximum absolute atomic E-state index is 11.8. The molecule has 1 atom stereocenters. The van der Waals surface area contributed by atoms with Gasteiger partial charge in [-0.3, -0.25) is 0 Å². The van der Waals surface area contributed by atoms with E-state index in [2.05, 4.69) is 10.6 Å². The average Bonchev–Trinajstić information content (AvgIpc) is 2.38. The topological polar surface area (TPSA) is 70.6 Å². The second kappa shape index (κ2) is 8.43. The fraction of sp³-hybridized carbons (Fsp3) is 0.533. The van der Waals surface area contributed by atoms with Crippen molar-refractivity contribution >= 4 is 11.7 Å². The number of hydrogen-bond acceptors (Lipinski definition) is 3. The average molecular weight is 280 g/mol. The number of aliphatic hydroxyl groups excluding tert-OH is 1. The van der Waals surface area contributed by atoms with Crippen LogP contribution in [0.2, 0.25) is 0 Å². The molecule has 0 radical (unpaired) electrons. The highest BCUT2D eigenvalue weighted by atomic mass is 16.5. The monoisotopic (exact) mass is 280 g/mol. The molecule has 5 nitrogen and oxygen atoms in total. The van der Waals surface area contributed by atoms with E-state index >= 15 is 0 Å². The van der Waals surface area contributed by atoms with Crippen LogP contribution in [-0.2, 0) is 0 Å². The predicted octanol–water partition coefficient (Wildman–Crippen LogP) is 2.61. The second-order valence-electron chi connectivity index (χ2n) is 5.12. The molecule has 0 aromatic heterocycles. The number of urea groups is 1. The number of ether oxygens (including phenoxy) is 1. The molecule has 0 fully saturated rings. The molecule has 112 valence electrons. The fourth-order valence-corrected chi connectivity index (χ4v) is 1.68. The number of nitrogens with one attached hydrogen (secondary N) is 2. The molecule has 0 saturated heterocycles. The van der Waals surface area contributed by atoms with Crippen molar-refractivity contribution in [1.29, 1.82) is 0 Å². The SMILES string of the molecule is CC(CCO)CNC(=O)Nc1ccccc1OC(C)C. The third-order valence-corrected chi connectivity index (χ3v) is 2.73. The maximum Gasteiger partial charge on any atom is 0.319 e. The van der Waals surface area contributed by atoms with Crippen molar-refractivity contribution in [3.8, 4) is 5.75 Å². The third kappa shape index (κ3) is 5.93. The van der Waals surface area contributed by atoms with E-state index < -0.39 is 0 Å². The lowest BCUT2D eigenvalue weighted by molar-refractivity contribution is 0.239. The number of rotatable bonds is 7. The van der Waals surface area contributed by atoms with Gasteiger partial charge in [0.15, 0.2) is 0 Å². The van der Waals surface area contributed by atoms with Crippen LogP contribution < -0.4 is 15.4 Å². The Balaban J connectivity index is 2.53. The summed E-state index contributed by atoms with van der Waals surface area (Å²) in [5.74, 6) is 0.897. The van der Waals surface area contributed by atoms with E-state index in [0.717, 1.165) is 0 Å². The zero-order valence-corrected chi connectivity index (χ0v) is 12.3. The van der Waals surface area contributed by atoms with Crippen LogP contribution in [0.5, 0.6) is 5.75 Å². The first-order valence-corrected chi connectivity index (χ1v) is 6.94. The van der Waals surface area contributed by atoms with Gasteiger partial charge >= 0.3 is 6.03 Å². The number of hydrogen-bond donors (Lipinski definition) is 3. The zero-order valence-electron chi connectivity index (χ0n) is 12.3. The summed E-state index contributed by atoms with van der Waals surface area (Å²) in [6.45, 7) is 6.52. The summed E-state index contributed by atoms with van der Waals surface area (Å²) in [5.41, 5.74) is 0.647. The first kappa shape index (κ1) is 16.3. The Labute approximate surface area is 120 Å². The minimum absolute atomic E-state index is 0.0468. The number of para-hydroxylation sites is 2. The highest BCUT2D eigenvalue weighted by Crippen LogP contribution is 2.24. The normalized spacial score (nSPS) is 12.1. The van der Waals surface area contributed by atoms with Crippen LogP contribution in [0.3, 0.4) is 0 Å². The van der Waals surface area contributed by atoms with Crippen molar-refractivity contribution in [2.24, 2.45) is 5.92 Å². The van der Waals surface area contributed by atoms with Crippen molar-refractivity contribution in [3.05, 3.63) is 24.3 Å². The van der Waals surface area contributed by atoms with Gasteiger partial charge in [-0.2, -0.15) is 0 Å². The van der Waals surface area contributed by atoms with Crippen LogP contribution in [0.15, 0.2) is 24.3 Å². The van der Waals surface area contributed by atoms with Gasteiger partial charge in [0.1, 0.15) is 5.75 Å². The fourth-order valence-electron chi connectivity index (χ4n) is 1.68. The summed E-state index contributed by atoms with van der Waals surface area (Å²) in [4.78, 5) is 11.8. The number of carbonyl (C=O) groups excluding carboxylic acids is 1. The zero-order chi connectivity index (χ0) is 15.0. The Bertz CT molecular complexity index is 421. The van der Waals surface area contributed by atoms with E-state index in [1.165, 1.54) is 0 Å². The van der Waals surface area contributed by atoms with E-state index in [9.17, 15) is 4.79 Å². The standard InChI is InChI=1S/C15H24N2O3/c1-11(2)20-14-7-5-4-6-13(14)17-15(19)16-10-12(3)8-9-18/h4-7,11-12,18H,8-10H2,1-3H3,(H2,16,17,19). The van der Waals surface area contributed by atoms with Gasteiger partial charge in [-0.15, -0.1) is 0 Å². The lowest BCUT2D eigenvalue weighted by Crippen LogP contribution is -2.32. The quantitative estimate of drug-likeness (QED) is 0.719. The molecule has 1 rings (SSSR count). The van der Waals surface area contributed by atoms with Crippen molar-refractivity contribution in [1.82, 2.24) is 5.32 Å². The molecular formula is C15H24N2O3. The Kier molecular flexibility index (Phi) is 6.87. The maximum atomic E-state index is 11.8. The number of benzene rings is 1. The minimum Gasteiger partial charge on any atom is -0.489 e. The number of amides is 2. The van der Waals surface area contributed by atoms with Crippen LogP contribution in [-0.4, -0.2) is 30.4 Å². The molecule has 1 aromatic rings. The molecule has 0 aliphatic heterocycles. The first-order valence-electron chi connectivity index (χ1n) is 6.94. The van der Waals surface area contributed by atoms with Crippen molar-refractivity contribution in [3.63, 3.8) is 0 Å².